The molecule has 1 aromatic carbocycles. The third-order valence-electron chi connectivity index (χ3n) is 4.76. The summed E-state index contributed by atoms with van der Waals surface area (Å²) in [6.45, 7) is 6.05. The number of aromatic nitrogens is 3. The minimum atomic E-state index is -0.0135. The molecule has 138 valence electrons. The minimum Gasteiger partial charge on any atom is -0.349 e. The van der Waals surface area contributed by atoms with Crippen LogP contribution in [0, 0.1) is 13.8 Å². The summed E-state index contributed by atoms with van der Waals surface area (Å²) in [5, 5.41) is 8.69. The van der Waals surface area contributed by atoms with Crippen LogP contribution in [0.4, 0.5) is 0 Å². The van der Waals surface area contributed by atoms with Crippen molar-refractivity contribution in [3.8, 4) is 0 Å². The third kappa shape index (κ3) is 4.12. The predicted molar refractivity (Wildman–Crippen MR) is 106 cm³/mol. The van der Waals surface area contributed by atoms with Crippen molar-refractivity contribution < 1.29 is 4.79 Å². The number of hydrogen-bond acceptors (Lipinski definition) is 4. The lowest BCUT2D eigenvalue weighted by Crippen LogP contribution is -2.27. The highest BCUT2D eigenvalue weighted by atomic mass is 32.1. The summed E-state index contributed by atoms with van der Waals surface area (Å²) in [7, 11) is 1.93. The molecule has 0 spiro atoms. The second kappa shape index (κ2) is 7.99. The quantitative estimate of drug-likeness (QED) is 0.633. The molecule has 2 heterocycles. The maximum Gasteiger partial charge on any atom is 0.220 e. The molecule has 1 atom stereocenters. The fourth-order valence-corrected chi connectivity index (χ4v) is 4.40. The average Bonchev–Trinajstić information content (AvgIpc) is 3.11. The number of aryl methyl sites for hydroxylation is 3. The molecule has 0 saturated carbocycles. The van der Waals surface area contributed by atoms with E-state index in [0.29, 0.717) is 6.42 Å². The molecule has 1 amide bonds. The average molecular weight is 371 g/mol. The van der Waals surface area contributed by atoms with E-state index in [1.807, 2.05) is 50.7 Å². The van der Waals surface area contributed by atoms with Gasteiger partial charge < -0.3 is 5.32 Å². The van der Waals surface area contributed by atoms with Crippen LogP contribution in [0.2, 0.25) is 0 Å². The first-order valence-electron chi connectivity index (χ1n) is 9.09. The Balaban J connectivity index is 1.45. The lowest BCUT2D eigenvalue weighted by Gasteiger charge is -2.14. The van der Waals surface area contributed by atoms with Gasteiger partial charge in [-0.2, -0.15) is 5.10 Å². The van der Waals surface area contributed by atoms with Gasteiger partial charge in [0.15, 0.2) is 0 Å². The summed E-state index contributed by atoms with van der Waals surface area (Å²) in [5.41, 5.74) is 4.27. The first kappa shape index (κ1) is 18.6. The van der Waals surface area contributed by atoms with Crippen molar-refractivity contribution in [2.24, 2.45) is 7.05 Å². The van der Waals surface area contributed by atoms with E-state index in [4.69, 9.17) is 0 Å². The zero-order valence-corrected chi connectivity index (χ0v) is 16.7. The van der Waals surface area contributed by atoms with Crippen LogP contribution in [0.1, 0.15) is 54.2 Å². The molecule has 0 aliphatic carbocycles. The Morgan fingerprint density at radius 1 is 1.27 bits per heavy atom. The zero-order valence-electron chi connectivity index (χ0n) is 15.9. The summed E-state index contributed by atoms with van der Waals surface area (Å²) in [6.07, 6.45) is 3.34. The molecule has 0 aliphatic heterocycles. The van der Waals surface area contributed by atoms with Gasteiger partial charge in [0.05, 0.1) is 27.0 Å². The van der Waals surface area contributed by atoms with Gasteiger partial charge in [-0.3, -0.25) is 9.48 Å². The van der Waals surface area contributed by atoms with Crippen LogP contribution < -0.4 is 5.32 Å². The predicted octanol–water partition coefficient (Wildman–Crippen LogP) is 4.24. The molecule has 0 bridgehead atoms. The van der Waals surface area contributed by atoms with E-state index >= 15 is 0 Å². The summed E-state index contributed by atoms with van der Waals surface area (Å²) >= 11 is 1.75. The standard InChI is InChI=1S/C20H26N4OS/c1-13(20-14(2)23-24(4)15(20)3)21-18(25)11-7-8-12-19-22-16-9-5-6-10-17(16)26-19/h5-6,9-10,13H,7-8,11-12H2,1-4H3,(H,21,25). The fraction of sp³-hybridized carbons (Fsp3) is 0.450. The molecule has 3 rings (SSSR count). The van der Waals surface area contributed by atoms with Gasteiger partial charge in [0.2, 0.25) is 5.91 Å². The van der Waals surface area contributed by atoms with Crippen LogP contribution in [-0.4, -0.2) is 20.7 Å². The number of thiazole rings is 1. The number of hydrogen-bond donors (Lipinski definition) is 1. The van der Waals surface area contributed by atoms with Gasteiger partial charge >= 0.3 is 0 Å². The summed E-state index contributed by atoms with van der Waals surface area (Å²) < 4.78 is 3.10. The molecule has 5 nitrogen and oxygen atoms in total. The normalized spacial score (nSPS) is 12.5. The van der Waals surface area contributed by atoms with E-state index in [1.54, 1.807) is 11.3 Å². The fourth-order valence-electron chi connectivity index (χ4n) is 3.39. The lowest BCUT2D eigenvalue weighted by molar-refractivity contribution is -0.121. The molecular formula is C20H26N4OS. The number of carbonyl (C=O) groups is 1. The number of benzene rings is 1. The third-order valence-corrected chi connectivity index (χ3v) is 5.85. The monoisotopic (exact) mass is 370 g/mol. The van der Waals surface area contributed by atoms with Gasteiger partial charge in [0.1, 0.15) is 0 Å². The number of nitrogens with one attached hydrogen (secondary N) is 1. The van der Waals surface area contributed by atoms with Gasteiger partial charge in [0, 0.05) is 24.7 Å². The Hall–Kier alpha value is -2.21. The zero-order chi connectivity index (χ0) is 18.7. The molecule has 1 unspecified atom stereocenters. The van der Waals surface area contributed by atoms with Crippen LogP contribution in [-0.2, 0) is 18.3 Å². The molecular weight excluding hydrogens is 344 g/mol. The van der Waals surface area contributed by atoms with E-state index < -0.39 is 0 Å². The van der Waals surface area contributed by atoms with Crippen molar-refractivity contribution in [2.75, 3.05) is 0 Å². The summed E-state index contributed by atoms with van der Waals surface area (Å²) in [5.74, 6) is 0.101. The van der Waals surface area contributed by atoms with Crippen molar-refractivity contribution in [1.29, 1.82) is 0 Å². The first-order chi connectivity index (χ1) is 12.5. The van der Waals surface area contributed by atoms with Gasteiger partial charge in [-0.15, -0.1) is 11.3 Å². The topological polar surface area (TPSA) is 59.8 Å². The molecule has 26 heavy (non-hydrogen) atoms. The highest BCUT2D eigenvalue weighted by Crippen LogP contribution is 2.23. The van der Waals surface area contributed by atoms with Crippen molar-refractivity contribution >= 4 is 27.5 Å². The number of para-hydroxylation sites is 1. The molecule has 1 N–H and O–H groups in total. The second-order valence-electron chi connectivity index (χ2n) is 6.78. The van der Waals surface area contributed by atoms with Crippen LogP contribution in [0.5, 0.6) is 0 Å². The molecule has 3 aromatic rings. The van der Waals surface area contributed by atoms with Gasteiger partial charge in [-0.05, 0) is 52.2 Å². The Labute approximate surface area is 158 Å². The summed E-state index contributed by atoms with van der Waals surface area (Å²) in [4.78, 5) is 16.9. The molecule has 0 saturated heterocycles. The summed E-state index contributed by atoms with van der Waals surface area (Å²) in [6, 6.07) is 8.20. The Morgan fingerprint density at radius 2 is 2.04 bits per heavy atom. The second-order valence-corrected chi connectivity index (χ2v) is 7.89. The van der Waals surface area contributed by atoms with Crippen LogP contribution in [0.15, 0.2) is 24.3 Å². The van der Waals surface area contributed by atoms with Crippen LogP contribution in [0.25, 0.3) is 10.2 Å². The Kier molecular flexibility index (Phi) is 5.71. The highest BCUT2D eigenvalue weighted by molar-refractivity contribution is 7.18. The van der Waals surface area contributed by atoms with Gasteiger partial charge in [0.25, 0.3) is 0 Å². The lowest BCUT2D eigenvalue weighted by atomic mass is 10.1. The SMILES string of the molecule is Cc1nn(C)c(C)c1C(C)NC(=O)CCCCc1nc2ccccc2s1. The van der Waals surface area contributed by atoms with E-state index in [1.165, 1.54) is 4.70 Å². The first-order valence-corrected chi connectivity index (χ1v) is 9.91. The van der Waals surface area contributed by atoms with Crippen LogP contribution >= 0.6 is 11.3 Å². The maximum absolute atomic E-state index is 12.3. The Morgan fingerprint density at radius 3 is 2.73 bits per heavy atom. The van der Waals surface area contributed by atoms with Crippen molar-refractivity contribution in [3.63, 3.8) is 0 Å². The molecule has 0 aliphatic rings. The van der Waals surface area contributed by atoms with Crippen LogP contribution in [0.3, 0.4) is 0 Å². The minimum absolute atomic E-state index is 0.0135. The number of amides is 1. The van der Waals surface area contributed by atoms with Crippen molar-refractivity contribution in [2.45, 2.75) is 52.5 Å². The number of fused-ring (bicyclic) bond motifs is 1. The molecule has 0 fully saturated rings. The van der Waals surface area contributed by atoms with Gasteiger partial charge in [-0.25, -0.2) is 4.98 Å². The van der Waals surface area contributed by atoms with E-state index in [2.05, 4.69) is 21.5 Å². The number of carbonyl (C=O) groups excluding carboxylic acids is 1. The maximum atomic E-state index is 12.3. The molecule has 0 radical (unpaired) electrons. The molecule has 6 heteroatoms. The number of unbranched alkanes of at least 4 members (excludes halogenated alkanes) is 1. The van der Waals surface area contributed by atoms with Gasteiger partial charge in [-0.1, -0.05) is 12.1 Å². The highest BCUT2D eigenvalue weighted by Gasteiger charge is 2.17. The smallest absolute Gasteiger partial charge is 0.220 e. The largest absolute Gasteiger partial charge is 0.349 e. The van der Waals surface area contributed by atoms with Crippen molar-refractivity contribution in [1.82, 2.24) is 20.1 Å². The van der Waals surface area contributed by atoms with E-state index in [0.717, 1.165) is 46.7 Å². The van der Waals surface area contributed by atoms with E-state index in [9.17, 15) is 4.79 Å². The molecule has 2 aromatic heterocycles. The number of nitrogens with zero attached hydrogens (tertiary/aromatic N) is 3. The Bertz CT molecular complexity index is 879. The van der Waals surface area contributed by atoms with Crippen molar-refractivity contribution in [3.05, 3.63) is 46.2 Å². The van der Waals surface area contributed by atoms with E-state index in [-0.39, 0.29) is 11.9 Å². The number of rotatable bonds is 7.